The van der Waals surface area contributed by atoms with Crippen molar-refractivity contribution in [1.29, 1.82) is 0 Å². The summed E-state index contributed by atoms with van der Waals surface area (Å²) >= 11 is 6.01. The fourth-order valence-corrected chi connectivity index (χ4v) is 2.51. The van der Waals surface area contributed by atoms with Crippen LogP contribution < -0.4 is 4.90 Å². The first-order valence-corrected chi connectivity index (χ1v) is 6.68. The molecule has 0 radical (unpaired) electrons. The van der Waals surface area contributed by atoms with E-state index in [0.29, 0.717) is 43.2 Å². The van der Waals surface area contributed by atoms with Crippen LogP contribution in [0.25, 0.3) is 0 Å². The lowest BCUT2D eigenvalue weighted by Crippen LogP contribution is -2.45. The molecule has 0 unspecified atom stereocenters. The highest BCUT2D eigenvalue weighted by atomic mass is 35.5. The van der Waals surface area contributed by atoms with Crippen molar-refractivity contribution in [2.75, 3.05) is 31.7 Å². The lowest BCUT2D eigenvalue weighted by atomic mass is 9.94. The highest BCUT2D eigenvalue weighted by Gasteiger charge is 2.31. The molecule has 0 saturated carbocycles. The second kappa shape index (κ2) is 5.90. The first-order valence-electron chi connectivity index (χ1n) is 6.30. The molecule has 1 saturated heterocycles. The van der Waals surface area contributed by atoms with E-state index in [0.717, 1.165) is 12.0 Å². The van der Waals surface area contributed by atoms with E-state index in [1.54, 1.807) is 12.1 Å². The van der Waals surface area contributed by atoms with Gasteiger partial charge in [-0.3, -0.25) is 4.79 Å². The summed E-state index contributed by atoms with van der Waals surface area (Å²) in [5.41, 5.74) is 0.641. The Balaban J connectivity index is 2.08. The average Bonchev–Trinajstić information content (AvgIpc) is 2.39. The number of aldehydes is 1. The zero-order valence-electron chi connectivity index (χ0n) is 10.9. The maximum absolute atomic E-state index is 10.7. The molecule has 1 heterocycles. The summed E-state index contributed by atoms with van der Waals surface area (Å²) in [4.78, 5) is 12.7. The largest absolute Gasteiger partial charge is 0.388 e. The van der Waals surface area contributed by atoms with Gasteiger partial charge in [0, 0.05) is 50.9 Å². The van der Waals surface area contributed by atoms with Crippen LogP contribution >= 0.6 is 11.6 Å². The predicted octanol–water partition coefficient (Wildman–Crippen LogP) is 2.13. The summed E-state index contributed by atoms with van der Waals surface area (Å²) in [6.07, 6.45) is 2.01. The third-order valence-corrected chi connectivity index (χ3v) is 3.83. The van der Waals surface area contributed by atoms with E-state index in [4.69, 9.17) is 16.3 Å². The van der Waals surface area contributed by atoms with E-state index in [9.17, 15) is 9.90 Å². The van der Waals surface area contributed by atoms with E-state index < -0.39 is 5.60 Å². The summed E-state index contributed by atoms with van der Waals surface area (Å²) in [5, 5.41) is 10.9. The minimum absolute atomic E-state index is 0.429. The van der Waals surface area contributed by atoms with Crippen molar-refractivity contribution in [3.8, 4) is 0 Å². The SMILES string of the molecule is CN(CC1(O)CCOCC1)c1ccc(C=O)c(Cl)c1. The summed E-state index contributed by atoms with van der Waals surface area (Å²) < 4.78 is 5.26. The molecule has 0 atom stereocenters. The molecule has 2 rings (SSSR count). The Labute approximate surface area is 117 Å². The highest BCUT2D eigenvalue weighted by Crippen LogP contribution is 2.26. The molecular weight excluding hydrogens is 266 g/mol. The Bertz CT molecular complexity index is 458. The van der Waals surface area contributed by atoms with Gasteiger partial charge in [0.15, 0.2) is 6.29 Å². The number of nitrogens with zero attached hydrogens (tertiary/aromatic N) is 1. The maximum atomic E-state index is 10.7. The van der Waals surface area contributed by atoms with E-state index >= 15 is 0 Å². The number of aliphatic hydroxyl groups is 1. The second-order valence-electron chi connectivity index (χ2n) is 5.02. The van der Waals surface area contributed by atoms with Gasteiger partial charge in [0.2, 0.25) is 0 Å². The van der Waals surface area contributed by atoms with Crippen LogP contribution in [0.1, 0.15) is 23.2 Å². The molecule has 0 spiro atoms. The lowest BCUT2D eigenvalue weighted by Gasteiger charge is -2.36. The van der Waals surface area contributed by atoms with Gasteiger partial charge in [0.1, 0.15) is 0 Å². The van der Waals surface area contributed by atoms with Crippen molar-refractivity contribution < 1.29 is 14.6 Å². The molecular formula is C14H18ClNO3. The van der Waals surface area contributed by atoms with Crippen LogP contribution in [0.15, 0.2) is 18.2 Å². The third kappa shape index (κ3) is 3.47. The first kappa shape index (κ1) is 14.3. The molecule has 1 fully saturated rings. The standard InChI is InChI=1S/C14H18ClNO3/c1-16(10-14(18)4-6-19-7-5-14)12-3-2-11(9-17)13(15)8-12/h2-3,8-9,18H,4-7,10H2,1H3. The highest BCUT2D eigenvalue weighted by molar-refractivity contribution is 6.33. The zero-order chi connectivity index (χ0) is 13.9. The Kier molecular flexibility index (Phi) is 4.45. The van der Waals surface area contributed by atoms with Crippen LogP contribution in [0.4, 0.5) is 5.69 Å². The van der Waals surface area contributed by atoms with Crippen LogP contribution in [0.3, 0.4) is 0 Å². The van der Waals surface area contributed by atoms with Gasteiger partial charge in [-0.2, -0.15) is 0 Å². The van der Waals surface area contributed by atoms with Crippen LogP contribution in [0.5, 0.6) is 0 Å². The average molecular weight is 284 g/mol. The van der Waals surface area contributed by atoms with E-state index in [1.807, 2.05) is 18.0 Å². The molecule has 0 aromatic heterocycles. The van der Waals surface area contributed by atoms with E-state index in [2.05, 4.69) is 0 Å². The zero-order valence-corrected chi connectivity index (χ0v) is 11.7. The van der Waals surface area contributed by atoms with Crippen LogP contribution in [-0.4, -0.2) is 43.8 Å². The van der Waals surface area contributed by atoms with Crippen molar-refractivity contribution in [2.24, 2.45) is 0 Å². The summed E-state index contributed by atoms with van der Waals surface area (Å²) in [6.45, 7) is 1.71. The molecule has 1 aromatic rings. The fraction of sp³-hybridized carbons (Fsp3) is 0.500. The molecule has 5 heteroatoms. The minimum Gasteiger partial charge on any atom is -0.388 e. The molecule has 1 aliphatic rings. The Hall–Kier alpha value is -1.10. The topological polar surface area (TPSA) is 49.8 Å². The van der Waals surface area contributed by atoms with Crippen LogP contribution in [-0.2, 0) is 4.74 Å². The smallest absolute Gasteiger partial charge is 0.151 e. The molecule has 19 heavy (non-hydrogen) atoms. The Morgan fingerprint density at radius 1 is 1.47 bits per heavy atom. The third-order valence-electron chi connectivity index (χ3n) is 3.51. The number of hydrogen-bond donors (Lipinski definition) is 1. The van der Waals surface area contributed by atoms with Crippen molar-refractivity contribution in [1.82, 2.24) is 0 Å². The maximum Gasteiger partial charge on any atom is 0.151 e. The van der Waals surface area contributed by atoms with Gasteiger partial charge in [-0.25, -0.2) is 0 Å². The number of rotatable bonds is 4. The molecule has 4 nitrogen and oxygen atoms in total. The molecule has 0 aliphatic carbocycles. The van der Waals surface area contributed by atoms with Crippen molar-refractivity contribution in [2.45, 2.75) is 18.4 Å². The van der Waals surface area contributed by atoms with Crippen LogP contribution in [0, 0.1) is 0 Å². The number of halogens is 1. The van der Waals surface area contributed by atoms with Gasteiger partial charge in [-0.15, -0.1) is 0 Å². The number of benzene rings is 1. The van der Waals surface area contributed by atoms with E-state index in [1.165, 1.54) is 0 Å². The summed E-state index contributed by atoms with van der Waals surface area (Å²) in [6, 6.07) is 5.27. The fourth-order valence-electron chi connectivity index (χ4n) is 2.29. The van der Waals surface area contributed by atoms with Gasteiger partial charge < -0.3 is 14.7 Å². The lowest BCUT2D eigenvalue weighted by molar-refractivity contribution is -0.0572. The minimum atomic E-state index is -0.719. The van der Waals surface area contributed by atoms with Gasteiger partial charge in [0.05, 0.1) is 10.6 Å². The number of carbonyl (C=O) groups excluding carboxylic acids is 1. The number of hydrogen-bond acceptors (Lipinski definition) is 4. The summed E-state index contributed by atoms with van der Waals surface area (Å²) in [7, 11) is 1.90. The van der Waals surface area contributed by atoms with Gasteiger partial charge >= 0.3 is 0 Å². The Morgan fingerprint density at radius 2 is 2.16 bits per heavy atom. The molecule has 104 valence electrons. The van der Waals surface area contributed by atoms with Gasteiger partial charge in [-0.1, -0.05) is 11.6 Å². The second-order valence-corrected chi connectivity index (χ2v) is 5.42. The van der Waals surface area contributed by atoms with Gasteiger partial charge in [0.25, 0.3) is 0 Å². The van der Waals surface area contributed by atoms with E-state index in [-0.39, 0.29) is 0 Å². The first-order chi connectivity index (χ1) is 9.04. The van der Waals surface area contributed by atoms with Crippen LogP contribution in [0.2, 0.25) is 5.02 Å². The molecule has 0 amide bonds. The van der Waals surface area contributed by atoms with Crippen molar-refractivity contribution in [3.05, 3.63) is 28.8 Å². The molecule has 1 aromatic carbocycles. The van der Waals surface area contributed by atoms with Crippen molar-refractivity contribution >= 4 is 23.6 Å². The number of likely N-dealkylation sites (N-methyl/N-ethyl adjacent to an activating group) is 1. The Morgan fingerprint density at radius 3 is 2.74 bits per heavy atom. The number of ether oxygens (including phenoxy) is 1. The normalized spacial score (nSPS) is 18.1. The monoisotopic (exact) mass is 283 g/mol. The van der Waals surface area contributed by atoms with Crippen molar-refractivity contribution in [3.63, 3.8) is 0 Å². The predicted molar refractivity (Wildman–Crippen MR) is 75.1 cm³/mol. The molecule has 0 bridgehead atoms. The number of anilines is 1. The van der Waals surface area contributed by atoms with Gasteiger partial charge in [-0.05, 0) is 18.2 Å². The molecule has 1 aliphatic heterocycles. The summed E-state index contributed by atoms with van der Waals surface area (Å²) in [5.74, 6) is 0. The number of carbonyl (C=O) groups is 1. The quantitative estimate of drug-likeness (QED) is 0.860. The molecule has 1 N–H and O–H groups in total.